The Labute approximate surface area is 78.3 Å². The third-order valence-electron chi connectivity index (χ3n) is 2.05. The van der Waals surface area contributed by atoms with Crippen molar-refractivity contribution in [3.63, 3.8) is 0 Å². The molecule has 1 atom stereocenters. The van der Waals surface area contributed by atoms with Gasteiger partial charge in [-0.15, -0.1) is 0 Å². The minimum atomic E-state index is -0.111. The molecule has 1 rings (SSSR count). The molecule has 1 aliphatic rings. The van der Waals surface area contributed by atoms with Gasteiger partial charge in [0.05, 0.1) is 12.5 Å². The van der Waals surface area contributed by atoms with Gasteiger partial charge in [0.25, 0.3) is 0 Å². The summed E-state index contributed by atoms with van der Waals surface area (Å²) in [5.74, 6) is -0.201. The monoisotopic (exact) mass is 186 g/mol. The molecule has 0 bridgehead atoms. The van der Waals surface area contributed by atoms with E-state index in [0.29, 0.717) is 6.61 Å². The molecule has 12 heavy (non-hydrogen) atoms. The molecule has 3 heteroatoms. The predicted octanol–water partition coefficient (Wildman–Crippen LogP) is 2.11. The third kappa shape index (κ3) is 2.27. The maximum atomic E-state index is 11.2. The molecule has 0 saturated carbocycles. The second kappa shape index (κ2) is 4.55. The quantitative estimate of drug-likeness (QED) is 0.499. The molecule has 1 unspecified atom stereocenters. The van der Waals surface area contributed by atoms with E-state index in [1.165, 1.54) is 0 Å². The van der Waals surface area contributed by atoms with Gasteiger partial charge in [-0.3, -0.25) is 4.79 Å². The molecule has 68 valence electrons. The number of esters is 1. The average molecular weight is 186 g/mol. The molecule has 0 aromatic rings. The van der Waals surface area contributed by atoms with Gasteiger partial charge < -0.3 is 4.74 Å². The van der Waals surface area contributed by atoms with Crippen molar-refractivity contribution in [2.45, 2.75) is 32.6 Å². The van der Waals surface area contributed by atoms with E-state index in [1.807, 2.05) is 0 Å². The molecular weight excluding hydrogens is 172 g/mol. The van der Waals surface area contributed by atoms with Crippen molar-refractivity contribution < 1.29 is 9.53 Å². The van der Waals surface area contributed by atoms with Crippen LogP contribution < -0.4 is 0 Å². The summed E-state index contributed by atoms with van der Waals surface area (Å²) in [6, 6.07) is 0. The van der Waals surface area contributed by atoms with E-state index in [0.717, 1.165) is 30.5 Å². The fourth-order valence-corrected chi connectivity index (χ4v) is 1.81. The zero-order valence-electron chi connectivity index (χ0n) is 7.34. The highest BCUT2D eigenvalue weighted by molar-refractivity contribution is 7.80. The lowest BCUT2D eigenvalue weighted by molar-refractivity contribution is -0.149. The highest BCUT2D eigenvalue weighted by Gasteiger charge is 2.26. The molecule has 0 amide bonds. The van der Waals surface area contributed by atoms with Gasteiger partial charge in [-0.05, 0) is 19.3 Å². The Morgan fingerprint density at radius 3 is 3.08 bits per heavy atom. The Bertz CT molecular complexity index is 189. The molecule has 1 fully saturated rings. The summed E-state index contributed by atoms with van der Waals surface area (Å²) in [7, 11) is 0. The SMILES string of the molecule is CCCC(=S)C1CCCOC1=O. The number of thiocarbonyl (C=S) groups is 1. The Balaban J connectivity index is 2.48. The molecule has 0 aromatic carbocycles. The summed E-state index contributed by atoms with van der Waals surface area (Å²) in [5.41, 5.74) is 0. The van der Waals surface area contributed by atoms with Gasteiger partial charge in [-0.1, -0.05) is 25.6 Å². The predicted molar refractivity (Wildman–Crippen MR) is 51.2 cm³/mol. The highest BCUT2D eigenvalue weighted by atomic mass is 32.1. The Morgan fingerprint density at radius 1 is 1.75 bits per heavy atom. The van der Waals surface area contributed by atoms with Crippen LogP contribution in [0.2, 0.25) is 0 Å². The van der Waals surface area contributed by atoms with Crippen molar-refractivity contribution in [2.24, 2.45) is 5.92 Å². The maximum Gasteiger partial charge on any atom is 0.313 e. The minimum Gasteiger partial charge on any atom is -0.465 e. The van der Waals surface area contributed by atoms with Gasteiger partial charge in [0.2, 0.25) is 0 Å². The lowest BCUT2D eigenvalue weighted by Crippen LogP contribution is -2.29. The van der Waals surface area contributed by atoms with Crippen LogP contribution in [0.25, 0.3) is 0 Å². The first-order valence-electron chi connectivity index (χ1n) is 4.45. The van der Waals surface area contributed by atoms with Crippen LogP contribution in [0.15, 0.2) is 0 Å². The first-order valence-corrected chi connectivity index (χ1v) is 4.86. The molecular formula is C9H14O2S. The lowest BCUT2D eigenvalue weighted by atomic mass is 9.95. The Morgan fingerprint density at radius 2 is 2.50 bits per heavy atom. The fraction of sp³-hybridized carbons (Fsp3) is 0.778. The van der Waals surface area contributed by atoms with Crippen molar-refractivity contribution in [2.75, 3.05) is 6.61 Å². The number of cyclic esters (lactones) is 1. The van der Waals surface area contributed by atoms with Gasteiger partial charge in [-0.2, -0.15) is 0 Å². The van der Waals surface area contributed by atoms with E-state index >= 15 is 0 Å². The van der Waals surface area contributed by atoms with Gasteiger partial charge in [0.1, 0.15) is 0 Å². The van der Waals surface area contributed by atoms with Crippen LogP contribution in [-0.4, -0.2) is 17.4 Å². The largest absolute Gasteiger partial charge is 0.465 e. The Hall–Kier alpha value is -0.440. The van der Waals surface area contributed by atoms with Crippen LogP contribution in [0.1, 0.15) is 32.6 Å². The molecule has 2 nitrogen and oxygen atoms in total. The fourth-order valence-electron chi connectivity index (χ4n) is 1.39. The normalized spacial score (nSPS) is 23.4. The summed E-state index contributed by atoms with van der Waals surface area (Å²) in [6.07, 6.45) is 3.73. The summed E-state index contributed by atoms with van der Waals surface area (Å²) in [5, 5.41) is 0. The van der Waals surface area contributed by atoms with Crippen molar-refractivity contribution in [3.8, 4) is 0 Å². The number of rotatable bonds is 3. The summed E-state index contributed by atoms with van der Waals surface area (Å²) in [6.45, 7) is 2.64. The molecule has 1 aliphatic heterocycles. The van der Waals surface area contributed by atoms with E-state index in [-0.39, 0.29) is 11.9 Å². The second-order valence-corrected chi connectivity index (χ2v) is 3.60. The highest BCUT2D eigenvalue weighted by Crippen LogP contribution is 2.19. The average Bonchev–Trinajstić information content (AvgIpc) is 2.05. The van der Waals surface area contributed by atoms with E-state index in [2.05, 4.69) is 6.92 Å². The van der Waals surface area contributed by atoms with Gasteiger partial charge >= 0.3 is 5.97 Å². The standard InChI is InChI=1S/C9H14O2S/c1-2-4-8(12)7-5-3-6-11-9(7)10/h7H,2-6H2,1H3. The number of ether oxygens (including phenoxy) is 1. The molecule has 0 radical (unpaired) electrons. The smallest absolute Gasteiger partial charge is 0.313 e. The van der Waals surface area contributed by atoms with E-state index < -0.39 is 0 Å². The molecule has 0 spiro atoms. The molecule has 0 aromatic heterocycles. The topological polar surface area (TPSA) is 26.3 Å². The van der Waals surface area contributed by atoms with Crippen molar-refractivity contribution >= 4 is 23.1 Å². The summed E-state index contributed by atoms with van der Waals surface area (Å²) >= 11 is 5.15. The minimum absolute atomic E-state index is 0.0892. The maximum absolute atomic E-state index is 11.2. The van der Waals surface area contributed by atoms with Crippen LogP contribution in [0.4, 0.5) is 0 Å². The van der Waals surface area contributed by atoms with Crippen LogP contribution in [0, 0.1) is 5.92 Å². The first kappa shape index (κ1) is 9.65. The number of carbonyl (C=O) groups excluding carboxylic acids is 1. The van der Waals surface area contributed by atoms with E-state index in [4.69, 9.17) is 17.0 Å². The molecule has 0 aliphatic carbocycles. The van der Waals surface area contributed by atoms with Gasteiger partial charge in [0.15, 0.2) is 0 Å². The van der Waals surface area contributed by atoms with E-state index in [1.54, 1.807) is 0 Å². The van der Waals surface area contributed by atoms with Crippen LogP contribution in [-0.2, 0) is 9.53 Å². The van der Waals surface area contributed by atoms with Crippen LogP contribution in [0.5, 0.6) is 0 Å². The number of carbonyl (C=O) groups is 1. The van der Waals surface area contributed by atoms with E-state index in [9.17, 15) is 4.79 Å². The molecule has 1 heterocycles. The summed E-state index contributed by atoms with van der Waals surface area (Å²) in [4.78, 5) is 12.1. The Kier molecular flexibility index (Phi) is 3.66. The lowest BCUT2D eigenvalue weighted by Gasteiger charge is -2.21. The van der Waals surface area contributed by atoms with Gasteiger partial charge in [0, 0.05) is 4.86 Å². The van der Waals surface area contributed by atoms with Crippen LogP contribution >= 0.6 is 12.2 Å². The molecule has 0 N–H and O–H groups in total. The molecule has 1 saturated heterocycles. The third-order valence-corrected chi connectivity index (χ3v) is 2.54. The van der Waals surface area contributed by atoms with Crippen molar-refractivity contribution in [1.82, 2.24) is 0 Å². The zero-order chi connectivity index (χ0) is 8.97. The summed E-state index contributed by atoms with van der Waals surface area (Å²) < 4.78 is 4.93. The first-order chi connectivity index (χ1) is 5.75. The number of hydrogen-bond acceptors (Lipinski definition) is 3. The van der Waals surface area contributed by atoms with Crippen molar-refractivity contribution in [3.05, 3.63) is 0 Å². The van der Waals surface area contributed by atoms with Crippen molar-refractivity contribution in [1.29, 1.82) is 0 Å². The second-order valence-electron chi connectivity index (χ2n) is 3.08. The number of hydrogen-bond donors (Lipinski definition) is 0. The zero-order valence-corrected chi connectivity index (χ0v) is 8.15. The van der Waals surface area contributed by atoms with Crippen LogP contribution in [0.3, 0.4) is 0 Å². The van der Waals surface area contributed by atoms with Gasteiger partial charge in [-0.25, -0.2) is 0 Å².